The van der Waals surface area contributed by atoms with Crippen molar-refractivity contribution in [2.24, 2.45) is 11.8 Å². The number of benzene rings is 1. The summed E-state index contributed by atoms with van der Waals surface area (Å²) in [5.74, 6) is 1.33. The molecule has 22 heavy (non-hydrogen) atoms. The van der Waals surface area contributed by atoms with E-state index in [0.717, 1.165) is 30.4 Å². The van der Waals surface area contributed by atoms with Crippen molar-refractivity contribution in [1.82, 2.24) is 5.32 Å². The Morgan fingerprint density at radius 2 is 1.95 bits per heavy atom. The number of carbonyl (C=O) groups excluding carboxylic acids is 1. The molecule has 1 aliphatic carbocycles. The second-order valence-electron chi connectivity index (χ2n) is 6.66. The lowest BCUT2D eigenvalue weighted by molar-refractivity contribution is 0.0891. The highest BCUT2D eigenvalue weighted by molar-refractivity contribution is 5.94. The van der Waals surface area contributed by atoms with Crippen LogP contribution in [0.3, 0.4) is 0 Å². The summed E-state index contributed by atoms with van der Waals surface area (Å²) in [5.41, 5.74) is 1.92. The first-order chi connectivity index (χ1) is 10.6. The summed E-state index contributed by atoms with van der Waals surface area (Å²) in [6.07, 6.45) is 10.2. The molecule has 0 aromatic heterocycles. The van der Waals surface area contributed by atoms with Gasteiger partial charge < -0.3 is 5.32 Å². The van der Waals surface area contributed by atoms with Crippen LogP contribution in [0, 0.1) is 11.8 Å². The second kappa shape index (κ2) is 8.17. The maximum atomic E-state index is 12.4. The van der Waals surface area contributed by atoms with E-state index in [1.165, 1.54) is 12.8 Å². The molecular formula is C20H29NO. The smallest absolute Gasteiger partial charge is 0.251 e. The van der Waals surface area contributed by atoms with Gasteiger partial charge >= 0.3 is 0 Å². The number of unbranched alkanes of at least 4 members (excludes halogenated alkanes) is 1. The molecule has 1 amide bonds. The van der Waals surface area contributed by atoms with E-state index in [-0.39, 0.29) is 5.91 Å². The van der Waals surface area contributed by atoms with Crippen LogP contribution < -0.4 is 5.32 Å². The maximum absolute atomic E-state index is 12.4. The molecule has 1 N–H and O–H groups in total. The van der Waals surface area contributed by atoms with Crippen LogP contribution in [0.25, 0.3) is 6.08 Å². The van der Waals surface area contributed by atoms with Gasteiger partial charge in [-0.1, -0.05) is 64.3 Å². The zero-order valence-corrected chi connectivity index (χ0v) is 14.1. The predicted molar refractivity (Wildman–Crippen MR) is 93.8 cm³/mol. The number of amides is 1. The number of nitrogens with one attached hydrogen (secondary N) is 1. The zero-order valence-electron chi connectivity index (χ0n) is 14.1. The van der Waals surface area contributed by atoms with Gasteiger partial charge in [0.2, 0.25) is 0 Å². The van der Waals surface area contributed by atoms with Gasteiger partial charge in [-0.25, -0.2) is 0 Å². The summed E-state index contributed by atoms with van der Waals surface area (Å²) in [6.45, 7) is 6.72. The summed E-state index contributed by atoms with van der Waals surface area (Å²) in [4.78, 5) is 12.4. The van der Waals surface area contributed by atoms with E-state index in [1.807, 2.05) is 24.3 Å². The first kappa shape index (κ1) is 16.8. The van der Waals surface area contributed by atoms with Crippen LogP contribution in [-0.2, 0) is 0 Å². The van der Waals surface area contributed by atoms with Crippen molar-refractivity contribution >= 4 is 12.0 Å². The number of rotatable bonds is 5. The Hall–Kier alpha value is -1.57. The molecule has 0 saturated heterocycles. The third-order valence-corrected chi connectivity index (χ3v) is 4.96. The van der Waals surface area contributed by atoms with E-state index >= 15 is 0 Å². The molecule has 3 atom stereocenters. The Labute approximate surface area is 135 Å². The minimum absolute atomic E-state index is 0.0648. The molecule has 3 unspecified atom stereocenters. The highest BCUT2D eigenvalue weighted by atomic mass is 16.1. The van der Waals surface area contributed by atoms with E-state index in [1.54, 1.807) is 0 Å². The molecule has 2 nitrogen and oxygen atoms in total. The summed E-state index contributed by atoms with van der Waals surface area (Å²) in [5, 5.41) is 3.23. The summed E-state index contributed by atoms with van der Waals surface area (Å²) in [6, 6.07) is 8.22. The predicted octanol–water partition coefficient (Wildman–Crippen LogP) is 5.05. The van der Waals surface area contributed by atoms with Gasteiger partial charge in [0, 0.05) is 11.6 Å². The van der Waals surface area contributed by atoms with E-state index < -0.39 is 0 Å². The molecule has 1 aliphatic rings. The van der Waals surface area contributed by atoms with Crippen LogP contribution >= 0.6 is 0 Å². The quantitative estimate of drug-likeness (QED) is 0.809. The van der Waals surface area contributed by atoms with Gasteiger partial charge in [-0.3, -0.25) is 4.79 Å². The molecule has 1 aromatic carbocycles. The lowest BCUT2D eigenvalue weighted by Gasteiger charge is -2.34. The highest BCUT2D eigenvalue weighted by Crippen LogP contribution is 2.29. The van der Waals surface area contributed by atoms with Crippen LogP contribution in [0.4, 0.5) is 0 Å². The van der Waals surface area contributed by atoms with Crippen molar-refractivity contribution in [3.8, 4) is 0 Å². The topological polar surface area (TPSA) is 29.1 Å². The van der Waals surface area contributed by atoms with E-state index in [2.05, 4.69) is 38.2 Å². The molecule has 1 saturated carbocycles. The fraction of sp³-hybridized carbons (Fsp3) is 0.550. The van der Waals surface area contributed by atoms with Gasteiger partial charge in [-0.05, 0) is 42.4 Å². The van der Waals surface area contributed by atoms with E-state index in [4.69, 9.17) is 0 Å². The molecule has 0 aliphatic heterocycles. The van der Waals surface area contributed by atoms with Gasteiger partial charge in [-0.2, -0.15) is 0 Å². The molecule has 2 rings (SSSR count). The van der Waals surface area contributed by atoms with Crippen LogP contribution in [-0.4, -0.2) is 11.9 Å². The number of allylic oxidation sites excluding steroid dienone is 1. The van der Waals surface area contributed by atoms with Gasteiger partial charge in [-0.15, -0.1) is 0 Å². The van der Waals surface area contributed by atoms with Crippen molar-refractivity contribution in [2.75, 3.05) is 0 Å². The van der Waals surface area contributed by atoms with Crippen molar-refractivity contribution in [1.29, 1.82) is 0 Å². The highest BCUT2D eigenvalue weighted by Gasteiger charge is 2.28. The Kier molecular flexibility index (Phi) is 6.23. The Balaban J connectivity index is 1.95. The third kappa shape index (κ3) is 4.46. The fourth-order valence-electron chi connectivity index (χ4n) is 3.17. The first-order valence-corrected chi connectivity index (χ1v) is 8.69. The molecule has 0 bridgehead atoms. The maximum Gasteiger partial charge on any atom is 0.251 e. The molecule has 0 spiro atoms. The largest absolute Gasteiger partial charge is 0.349 e. The first-order valence-electron chi connectivity index (χ1n) is 8.69. The lowest BCUT2D eigenvalue weighted by Crippen LogP contribution is -2.43. The van der Waals surface area contributed by atoms with Crippen molar-refractivity contribution in [2.45, 2.75) is 58.9 Å². The van der Waals surface area contributed by atoms with Gasteiger partial charge in [0.15, 0.2) is 0 Å². The standard InChI is InChI=1S/C20H29NO/c1-4-5-6-9-17-11-13-18(14-12-17)20(22)21-19-10-7-8-15(2)16(19)3/h6,9,11-16,19H,4-5,7-8,10H2,1-3H3,(H,21,22)/b9-6+. The minimum Gasteiger partial charge on any atom is -0.349 e. The summed E-state index contributed by atoms with van der Waals surface area (Å²) in [7, 11) is 0. The Morgan fingerprint density at radius 1 is 1.23 bits per heavy atom. The number of carbonyl (C=O) groups is 1. The number of hydrogen-bond acceptors (Lipinski definition) is 1. The zero-order chi connectivity index (χ0) is 15.9. The third-order valence-electron chi connectivity index (χ3n) is 4.96. The molecule has 120 valence electrons. The molecule has 1 aromatic rings. The van der Waals surface area contributed by atoms with Crippen LogP contribution in [0.2, 0.25) is 0 Å². The Bertz CT molecular complexity index is 503. The number of hydrogen-bond donors (Lipinski definition) is 1. The van der Waals surface area contributed by atoms with Gasteiger partial charge in [0.1, 0.15) is 0 Å². The van der Waals surface area contributed by atoms with Gasteiger partial charge in [0.05, 0.1) is 0 Å². The molecule has 2 heteroatoms. The van der Waals surface area contributed by atoms with Crippen molar-refractivity contribution < 1.29 is 4.79 Å². The molecule has 0 radical (unpaired) electrons. The van der Waals surface area contributed by atoms with E-state index in [0.29, 0.717) is 17.9 Å². The summed E-state index contributed by atoms with van der Waals surface area (Å²) >= 11 is 0. The van der Waals surface area contributed by atoms with Gasteiger partial charge in [0.25, 0.3) is 5.91 Å². The second-order valence-corrected chi connectivity index (χ2v) is 6.66. The van der Waals surface area contributed by atoms with Crippen LogP contribution in [0.1, 0.15) is 68.8 Å². The SMILES string of the molecule is CCC/C=C/c1ccc(C(=O)NC2CCCC(C)C2C)cc1. The molecular weight excluding hydrogens is 270 g/mol. The lowest BCUT2D eigenvalue weighted by atomic mass is 9.78. The normalized spacial score (nSPS) is 25.3. The van der Waals surface area contributed by atoms with Crippen molar-refractivity contribution in [3.05, 3.63) is 41.5 Å². The summed E-state index contributed by atoms with van der Waals surface area (Å²) < 4.78 is 0. The minimum atomic E-state index is 0.0648. The molecule has 0 heterocycles. The Morgan fingerprint density at radius 3 is 2.64 bits per heavy atom. The molecule has 1 fully saturated rings. The van der Waals surface area contributed by atoms with E-state index in [9.17, 15) is 4.79 Å². The monoisotopic (exact) mass is 299 g/mol. The fourth-order valence-corrected chi connectivity index (χ4v) is 3.17. The van der Waals surface area contributed by atoms with Crippen LogP contribution in [0.5, 0.6) is 0 Å². The average Bonchev–Trinajstić information content (AvgIpc) is 2.53. The average molecular weight is 299 g/mol. The van der Waals surface area contributed by atoms with Crippen molar-refractivity contribution in [3.63, 3.8) is 0 Å². The van der Waals surface area contributed by atoms with Crippen LogP contribution in [0.15, 0.2) is 30.3 Å².